The summed E-state index contributed by atoms with van der Waals surface area (Å²) in [6, 6.07) is 9.39. The van der Waals surface area contributed by atoms with Gasteiger partial charge in [0.25, 0.3) is 5.91 Å². The highest BCUT2D eigenvalue weighted by atomic mass is 16.5. The van der Waals surface area contributed by atoms with Crippen LogP contribution in [0.4, 0.5) is 0 Å². The molecule has 1 fully saturated rings. The summed E-state index contributed by atoms with van der Waals surface area (Å²) in [5.41, 5.74) is 0. The number of para-hydroxylation sites is 1. The summed E-state index contributed by atoms with van der Waals surface area (Å²) in [6.45, 7) is 2.57. The van der Waals surface area contributed by atoms with Gasteiger partial charge in [0, 0.05) is 6.54 Å². The van der Waals surface area contributed by atoms with E-state index in [2.05, 4.69) is 5.32 Å². The molecule has 1 amide bonds. The van der Waals surface area contributed by atoms with Crippen molar-refractivity contribution in [3.8, 4) is 5.75 Å². The monoisotopic (exact) mass is 277 g/mol. The molecule has 0 aliphatic heterocycles. The van der Waals surface area contributed by atoms with Crippen molar-refractivity contribution in [3.63, 3.8) is 0 Å². The molecule has 3 unspecified atom stereocenters. The zero-order chi connectivity index (χ0) is 14.4. The number of benzene rings is 1. The predicted molar refractivity (Wildman–Crippen MR) is 77.5 cm³/mol. The van der Waals surface area contributed by atoms with Gasteiger partial charge in [-0.2, -0.15) is 0 Å². The van der Waals surface area contributed by atoms with E-state index in [1.165, 1.54) is 0 Å². The third-order valence-electron chi connectivity index (χ3n) is 3.76. The molecule has 110 valence electrons. The molecule has 1 saturated carbocycles. The minimum atomic E-state index is -0.455. The van der Waals surface area contributed by atoms with Gasteiger partial charge in [0.1, 0.15) is 5.75 Å². The van der Waals surface area contributed by atoms with Crippen LogP contribution in [0.3, 0.4) is 0 Å². The summed E-state index contributed by atoms with van der Waals surface area (Å²) in [6.07, 6.45) is 2.60. The number of carbonyl (C=O) groups is 1. The molecular formula is C16H23NO3. The second-order valence-corrected chi connectivity index (χ2v) is 5.41. The third kappa shape index (κ3) is 4.23. The number of nitrogens with one attached hydrogen (secondary N) is 1. The van der Waals surface area contributed by atoms with Gasteiger partial charge in [0.05, 0.1) is 6.10 Å². The fraction of sp³-hybridized carbons (Fsp3) is 0.562. The van der Waals surface area contributed by atoms with Crippen LogP contribution in [0.25, 0.3) is 0 Å². The minimum absolute atomic E-state index is 0.0715. The van der Waals surface area contributed by atoms with Gasteiger partial charge in [-0.05, 0) is 43.7 Å². The number of aliphatic hydroxyl groups excluding tert-OH is 1. The van der Waals surface area contributed by atoms with Crippen LogP contribution >= 0.6 is 0 Å². The second-order valence-electron chi connectivity index (χ2n) is 5.41. The van der Waals surface area contributed by atoms with Crippen molar-refractivity contribution in [1.82, 2.24) is 5.32 Å². The van der Waals surface area contributed by atoms with Crippen LogP contribution in [0.1, 0.15) is 32.6 Å². The molecule has 0 radical (unpaired) electrons. The molecule has 0 saturated heterocycles. The molecule has 0 bridgehead atoms. The Hall–Kier alpha value is -1.55. The Balaban J connectivity index is 1.80. The van der Waals surface area contributed by atoms with E-state index >= 15 is 0 Å². The fourth-order valence-corrected chi connectivity index (χ4v) is 2.58. The van der Waals surface area contributed by atoms with Crippen LogP contribution < -0.4 is 10.1 Å². The molecule has 0 spiro atoms. The topological polar surface area (TPSA) is 58.6 Å². The third-order valence-corrected chi connectivity index (χ3v) is 3.76. The second kappa shape index (κ2) is 7.29. The molecule has 1 aliphatic carbocycles. The van der Waals surface area contributed by atoms with Crippen molar-refractivity contribution < 1.29 is 14.6 Å². The summed E-state index contributed by atoms with van der Waals surface area (Å²) in [7, 11) is 0. The molecule has 3 atom stereocenters. The maximum Gasteiger partial charge on any atom is 0.261 e. The Labute approximate surface area is 120 Å². The van der Waals surface area contributed by atoms with Crippen LogP contribution in [-0.2, 0) is 4.79 Å². The molecule has 4 heteroatoms. The summed E-state index contributed by atoms with van der Waals surface area (Å²) < 4.78 is 5.70. The zero-order valence-corrected chi connectivity index (χ0v) is 11.9. The lowest BCUT2D eigenvalue weighted by molar-refractivity contribution is -0.128. The molecule has 0 aromatic heterocycles. The number of amides is 1. The molecule has 20 heavy (non-hydrogen) atoms. The van der Waals surface area contributed by atoms with Gasteiger partial charge < -0.3 is 15.2 Å². The van der Waals surface area contributed by atoms with E-state index in [9.17, 15) is 9.90 Å². The Morgan fingerprint density at radius 2 is 2.15 bits per heavy atom. The van der Waals surface area contributed by atoms with Crippen LogP contribution in [-0.4, -0.2) is 29.8 Å². The standard InChI is InChI=1S/C16H23NO3/c1-2-15(20-14-6-4-3-5-7-14)16(19)17-11-12-8-9-13(18)10-12/h3-7,12-13,15,18H,2,8-11H2,1H3,(H,17,19). The SMILES string of the molecule is CCC(Oc1ccccc1)C(=O)NCC1CCC(O)C1. The number of carbonyl (C=O) groups excluding carboxylic acids is 1. The van der Waals surface area contributed by atoms with Gasteiger partial charge in [-0.3, -0.25) is 4.79 Å². The van der Waals surface area contributed by atoms with Crippen LogP contribution in [0.5, 0.6) is 5.75 Å². The Kier molecular flexibility index (Phi) is 5.41. The van der Waals surface area contributed by atoms with Crippen molar-refractivity contribution in [1.29, 1.82) is 0 Å². The molecule has 2 N–H and O–H groups in total. The average Bonchev–Trinajstić information content (AvgIpc) is 2.89. The summed E-state index contributed by atoms with van der Waals surface area (Å²) >= 11 is 0. The largest absolute Gasteiger partial charge is 0.481 e. The predicted octanol–water partition coefficient (Wildman–Crippen LogP) is 2.12. The fourth-order valence-electron chi connectivity index (χ4n) is 2.58. The summed E-state index contributed by atoms with van der Waals surface area (Å²) in [5.74, 6) is 1.03. The quantitative estimate of drug-likeness (QED) is 0.837. The summed E-state index contributed by atoms with van der Waals surface area (Å²) in [4.78, 5) is 12.1. The molecule has 0 heterocycles. The first-order chi connectivity index (χ1) is 9.69. The zero-order valence-electron chi connectivity index (χ0n) is 11.9. The van der Waals surface area contributed by atoms with Gasteiger partial charge in [-0.25, -0.2) is 0 Å². The van der Waals surface area contributed by atoms with E-state index in [-0.39, 0.29) is 12.0 Å². The van der Waals surface area contributed by atoms with E-state index in [4.69, 9.17) is 4.74 Å². The lowest BCUT2D eigenvalue weighted by Gasteiger charge is -2.18. The highest BCUT2D eigenvalue weighted by Gasteiger charge is 2.24. The van der Waals surface area contributed by atoms with Gasteiger partial charge in [0.2, 0.25) is 0 Å². The number of rotatable bonds is 6. The smallest absolute Gasteiger partial charge is 0.261 e. The van der Waals surface area contributed by atoms with Crippen molar-refractivity contribution in [2.75, 3.05) is 6.54 Å². The number of ether oxygens (including phenoxy) is 1. The first-order valence-electron chi connectivity index (χ1n) is 7.36. The van der Waals surface area contributed by atoms with Gasteiger partial charge >= 0.3 is 0 Å². The summed E-state index contributed by atoms with van der Waals surface area (Å²) in [5, 5.41) is 12.4. The first-order valence-corrected chi connectivity index (χ1v) is 7.36. The lowest BCUT2D eigenvalue weighted by Crippen LogP contribution is -2.40. The highest BCUT2D eigenvalue weighted by Crippen LogP contribution is 2.24. The van der Waals surface area contributed by atoms with E-state index in [0.29, 0.717) is 24.6 Å². The molecule has 1 aromatic rings. The van der Waals surface area contributed by atoms with Crippen molar-refractivity contribution in [2.24, 2.45) is 5.92 Å². The Morgan fingerprint density at radius 1 is 1.40 bits per heavy atom. The minimum Gasteiger partial charge on any atom is -0.481 e. The number of aliphatic hydroxyl groups is 1. The van der Waals surface area contributed by atoms with Crippen molar-refractivity contribution in [2.45, 2.75) is 44.8 Å². The lowest BCUT2D eigenvalue weighted by atomic mass is 10.1. The molecular weight excluding hydrogens is 254 g/mol. The average molecular weight is 277 g/mol. The Bertz CT molecular complexity index is 421. The van der Waals surface area contributed by atoms with Crippen LogP contribution in [0.15, 0.2) is 30.3 Å². The molecule has 1 aliphatic rings. The van der Waals surface area contributed by atoms with Crippen LogP contribution in [0, 0.1) is 5.92 Å². The van der Waals surface area contributed by atoms with Crippen molar-refractivity contribution in [3.05, 3.63) is 30.3 Å². The number of hydrogen-bond acceptors (Lipinski definition) is 3. The van der Waals surface area contributed by atoms with E-state index in [1.807, 2.05) is 37.3 Å². The Morgan fingerprint density at radius 3 is 2.75 bits per heavy atom. The van der Waals surface area contributed by atoms with E-state index < -0.39 is 6.10 Å². The molecule has 1 aromatic carbocycles. The van der Waals surface area contributed by atoms with E-state index in [0.717, 1.165) is 19.3 Å². The van der Waals surface area contributed by atoms with Gasteiger partial charge in [-0.15, -0.1) is 0 Å². The normalized spacial score (nSPS) is 23.3. The maximum absolute atomic E-state index is 12.1. The van der Waals surface area contributed by atoms with E-state index in [1.54, 1.807) is 0 Å². The highest BCUT2D eigenvalue weighted by molar-refractivity contribution is 5.81. The van der Waals surface area contributed by atoms with Crippen molar-refractivity contribution >= 4 is 5.91 Å². The molecule has 4 nitrogen and oxygen atoms in total. The molecule has 2 rings (SSSR count). The van der Waals surface area contributed by atoms with Gasteiger partial charge in [-0.1, -0.05) is 25.1 Å². The first kappa shape index (κ1) is 14.9. The van der Waals surface area contributed by atoms with Crippen LogP contribution in [0.2, 0.25) is 0 Å². The van der Waals surface area contributed by atoms with Gasteiger partial charge in [0.15, 0.2) is 6.10 Å². The number of hydrogen-bond donors (Lipinski definition) is 2. The maximum atomic E-state index is 12.1.